The highest BCUT2D eigenvalue weighted by atomic mass is 32.1. The van der Waals surface area contributed by atoms with Crippen LogP contribution in [0.3, 0.4) is 0 Å². The number of carboxylic acids is 1. The van der Waals surface area contributed by atoms with Gasteiger partial charge in [0.05, 0.1) is 19.2 Å². The molecule has 154 valence electrons. The summed E-state index contributed by atoms with van der Waals surface area (Å²) in [6.45, 7) is -1.23. The number of nitrogens with one attached hydrogen (secondary N) is 3. The first-order chi connectivity index (χ1) is 13.3. The maximum absolute atomic E-state index is 12.1. The number of aliphatic hydroxyl groups excluding tert-OH is 1. The highest BCUT2D eigenvalue weighted by Gasteiger charge is 2.24. The van der Waals surface area contributed by atoms with E-state index < -0.39 is 55.0 Å². The Bertz CT molecular complexity index is 687. The second-order valence-corrected chi connectivity index (χ2v) is 6.26. The molecular formula is C17H24N4O6S. The first-order valence-corrected chi connectivity index (χ1v) is 9.03. The summed E-state index contributed by atoms with van der Waals surface area (Å²) in [4.78, 5) is 46.7. The van der Waals surface area contributed by atoms with E-state index in [4.69, 9.17) is 10.8 Å². The van der Waals surface area contributed by atoms with Gasteiger partial charge in [-0.2, -0.15) is 12.6 Å². The Labute approximate surface area is 167 Å². The molecule has 3 amide bonds. The molecule has 0 fully saturated rings. The third-order valence-electron chi connectivity index (χ3n) is 3.69. The zero-order valence-corrected chi connectivity index (χ0v) is 15.9. The monoisotopic (exact) mass is 412 g/mol. The maximum atomic E-state index is 12.1. The van der Waals surface area contributed by atoms with Crippen molar-refractivity contribution in [2.75, 3.05) is 18.9 Å². The van der Waals surface area contributed by atoms with Crippen molar-refractivity contribution in [2.45, 2.75) is 24.5 Å². The van der Waals surface area contributed by atoms with Crippen LogP contribution in [0.2, 0.25) is 0 Å². The molecule has 3 atom stereocenters. The Balaban J connectivity index is 2.50. The largest absolute Gasteiger partial charge is 0.480 e. The first-order valence-electron chi connectivity index (χ1n) is 8.40. The molecule has 0 spiro atoms. The predicted octanol–water partition coefficient (Wildman–Crippen LogP) is -2.35. The van der Waals surface area contributed by atoms with E-state index in [9.17, 15) is 24.3 Å². The third-order valence-corrected chi connectivity index (χ3v) is 4.05. The van der Waals surface area contributed by atoms with Crippen LogP contribution in [-0.2, 0) is 25.6 Å². The Morgan fingerprint density at radius 1 is 1.04 bits per heavy atom. The SMILES string of the molecule is N[C@@H](Cc1ccccc1)C(=O)N[C@@H](CO)C(=O)NCC(=O)N[C@@H](CS)C(=O)O. The molecular weight excluding hydrogens is 388 g/mol. The minimum atomic E-state index is -1.30. The summed E-state index contributed by atoms with van der Waals surface area (Å²) in [5, 5.41) is 24.9. The molecule has 10 nitrogen and oxygen atoms in total. The number of carbonyl (C=O) groups excluding carboxylic acids is 3. The summed E-state index contributed by atoms with van der Waals surface area (Å²) in [5.74, 6) is -3.58. The number of benzene rings is 1. The average Bonchev–Trinajstić information content (AvgIpc) is 2.68. The smallest absolute Gasteiger partial charge is 0.327 e. The van der Waals surface area contributed by atoms with Crippen LogP contribution in [0.4, 0.5) is 0 Å². The number of rotatable bonds is 11. The molecule has 0 radical (unpaired) electrons. The molecule has 0 saturated carbocycles. The quantitative estimate of drug-likeness (QED) is 0.199. The second kappa shape index (κ2) is 12.0. The molecule has 1 rings (SSSR count). The van der Waals surface area contributed by atoms with E-state index in [-0.39, 0.29) is 12.2 Å². The number of aliphatic hydroxyl groups is 1. The molecule has 0 aromatic heterocycles. The van der Waals surface area contributed by atoms with Crippen molar-refractivity contribution >= 4 is 36.3 Å². The summed E-state index contributed by atoms with van der Waals surface area (Å²) in [6.07, 6.45) is 0.245. The van der Waals surface area contributed by atoms with E-state index in [0.29, 0.717) is 0 Å². The highest BCUT2D eigenvalue weighted by Crippen LogP contribution is 2.02. The fraction of sp³-hybridized carbons (Fsp3) is 0.412. The number of thiol groups is 1. The Morgan fingerprint density at radius 3 is 2.21 bits per heavy atom. The summed E-state index contributed by atoms with van der Waals surface area (Å²) < 4.78 is 0. The van der Waals surface area contributed by atoms with Gasteiger partial charge >= 0.3 is 5.97 Å². The minimum Gasteiger partial charge on any atom is -0.480 e. The van der Waals surface area contributed by atoms with Crippen LogP contribution in [0.5, 0.6) is 0 Å². The Hall–Kier alpha value is -2.63. The van der Waals surface area contributed by atoms with E-state index in [0.717, 1.165) is 5.56 Å². The van der Waals surface area contributed by atoms with Crippen molar-refractivity contribution in [3.05, 3.63) is 35.9 Å². The van der Waals surface area contributed by atoms with Crippen LogP contribution < -0.4 is 21.7 Å². The lowest BCUT2D eigenvalue weighted by atomic mass is 10.1. The van der Waals surface area contributed by atoms with Gasteiger partial charge in [-0.05, 0) is 12.0 Å². The lowest BCUT2D eigenvalue weighted by molar-refractivity contribution is -0.141. The summed E-state index contributed by atoms with van der Waals surface area (Å²) in [7, 11) is 0. The number of hydrogen-bond acceptors (Lipinski definition) is 7. The lowest BCUT2D eigenvalue weighted by Gasteiger charge is -2.19. The van der Waals surface area contributed by atoms with Crippen molar-refractivity contribution in [1.82, 2.24) is 16.0 Å². The number of aliphatic carboxylic acids is 1. The minimum absolute atomic E-state index is 0.121. The normalized spacial score (nSPS) is 13.7. The van der Waals surface area contributed by atoms with E-state index in [1.807, 2.05) is 6.07 Å². The van der Waals surface area contributed by atoms with Crippen molar-refractivity contribution in [3.8, 4) is 0 Å². The lowest BCUT2D eigenvalue weighted by Crippen LogP contribution is -2.55. The molecule has 0 aliphatic heterocycles. The fourth-order valence-corrected chi connectivity index (χ4v) is 2.40. The molecule has 1 aromatic rings. The molecule has 0 aliphatic carbocycles. The molecule has 0 aliphatic rings. The standard InChI is InChI=1S/C17H24N4O6S/c18-11(6-10-4-2-1-3-5-10)15(24)21-12(8-22)16(25)19-7-14(23)20-13(9-28)17(26)27/h1-5,11-13,22,28H,6-9,18H2,(H,19,25)(H,20,23)(H,21,24)(H,26,27)/t11-,12-,13-/m0/s1. The van der Waals surface area contributed by atoms with E-state index in [2.05, 4.69) is 28.6 Å². The van der Waals surface area contributed by atoms with Crippen LogP contribution in [-0.4, -0.2) is 70.9 Å². The first kappa shape index (κ1) is 23.4. The molecule has 0 unspecified atom stereocenters. The molecule has 1 aromatic carbocycles. The van der Waals surface area contributed by atoms with Gasteiger partial charge in [0, 0.05) is 5.75 Å². The van der Waals surface area contributed by atoms with Gasteiger partial charge in [0.2, 0.25) is 17.7 Å². The number of hydrogen-bond donors (Lipinski definition) is 7. The molecule has 7 N–H and O–H groups in total. The fourth-order valence-electron chi connectivity index (χ4n) is 2.16. The van der Waals surface area contributed by atoms with Gasteiger partial charge in [0.25, 0.3) is 0 Å². The second-order valence-electron chi connectivity index (χ2n) is 5.90. The summed E-state index contributed by atoms with van der Waals surface area (Å²) >= 11 is 3.80. The van der Waals surface area contributed by atoms with Crippen LogP contribution in [0, 0.1) is 0 Å². The number of amides is 3. The number of carboxylic acid groups (broad SMARTS) is 1. The molecule has 0 heterocycles. The predicted molar refractivity (Wildman–Crippen MR) is 104 cm³/mol. The topological polar surface area (TPSA) is 171 Å². The van der Waals surface area contributed by atoms with Crippen LogP contribution >= 0.6 is 12.6 Å². The average molecular weight is 412 g/mol. The van der Waals surface area contributed by atoms with Gasteiger partial charge in [-0.15, -0.1) is 0 Å². The molecule has 0 bridgehead atoms. The van der Waals surface area contributed by atoms with Crippen LogP contribution in [0.25, 0.3) is 0 Å². The zero-order chi connectivity index (χ0) is 21.1. The van der Waals surface area contributed by atoms with Gasteiger partial charge in [0.1, 0.15) is 12.1 Å². The van der Waals surface area contributed by atoms with Gasteiger partial charge in [-0.1, -0.05) is 30.3 Å². The van der Waals surface area contributed by atoms with Crippen molar-refractivity contribution in [3.63, 3.8) is 0 Å². The third kappa shape index (κ3) is 7.94. The van der Waals surface area contributed by atoms with Crippen molar-refractivity contribution in [2.24, 2.45) is 5.73 Å². The number of nitrogens with two attached hydrogens (primary N) is 1. The molecule has 0 saturated heterocycles. The van der Waals surface area contributed by atoms with Gasteiger partial charge in [-0.25, -0.2) is 4.79 Å². The Kier molecular flexibility index (Phi) is 9.99. The van der Waals surface area contributed by atoms with Gasteiger partial charge in [-0.3, -0.25) is 14.4 Å². The Morgan fingerprint density at radius 2 is 1.68 bits per heavy atom. The summed E-state index contributed by atoms with van der Waals surface area (Å²) in [6, 6.07) is 5.61. The van der Waals surface area contributed by atoms with Crippen LogP contribution in [0.15, 0.2) is 30.3 Å². The molecule has 28 heavy (non-hydrogen) atoms. The van der Waals surface area contributed by atoms with Gasteiger partial charge < -0.3 is 31.9 Å². The van der Waals surface area contributed by atoms with Gasteiger partial charge in [0.15, 0.2) is 0 Å². The number of carbonyl (C=O) groups is 4. The van der Waals surface area contributed by atoms with Crippen molar-refractivity contribution < 1.29 is 29.4 Å². The zero-order valence-electron chi connectivity index (χ0n) is 15.0. The maximum Gasteiger partial charge on any atom is 0.327 e. The van der Waals surface area contributed by atoms with Crippen LogP contribution in [0.1, 0.15) is 5.56 Å². The summed E-state index contributed by atoms with van der Waals surface area (Å²) in [5.41, 5.74) is 6.66. The van der Waals surface area contributed by atoms with E-state index >= 15 is 0 Å². The molecule has 11 heteroatoms. The highest BCUT2D eigenvalue weighted by molar-refractivity contribution is 7.80. The van der Waals surface area contributed by atoms with Crippen molar-refractivity contribution in [1.29, 1.82) is 0 Å². The van der Waals surface area contributed by atoms with E-state index in [1.165, 1.54) is 0 Å². The van der Waals surface area contributed by atoms with E-state index in [1.54, 1.807) is 24.3 Å².